The number of nitrogens with zero attached hydrogens (tertiary/aromatic N) is 1. The lowest BCUT2D eigenvalue weighted by molar-refractivity contribution is -0.120. The first-order chi connectivity index (χ1) is 7.31. The van der Waals surface area contributed by atoms with Crippen molar-refractivity contribution in [3.8, 4) is 0 Å². The van der Waals surface area contributed by atoms with Crippen molar-refractivity contribution in [3.05, 3.63) is 0 Å². The predicted molar refractivity (Wildman–Crippen MR) is 60.8 cm³/mol. The molecule has 0 aromatic carbocycles. The summed E-state index contributed by atoms with van der Waals surface area (Å²) in [4.78, 5) is 16.0. The average molecular weight is 208 g/mol. The number of rotatable bonds is 2. The summed E-state index contributed by atoms with van der Waals surface area (Å²) in [5.41, 5.74) is 0. The Morgan fingerprint density at radius 1 is 1.27 bits per heavy atom. The molecule has 0 aromatic heterocycles. The van der Waals surface area contributed by atoms with Gasteiger partial charge in [-0.15, -0.1) is 0 Å². The van der Waals surface area contributed by atoms with Crippen molar-refractivity contribution in [2.24, 2.45) is 10.9 Å². The average Bonchev–Trinajstić information content (AvgIpc) is 2.48. The van der Waals surface area contributed by atoms with Gasteiger partial charge in [-0.3, -0.25) is 9.79 Å². The summed E-state index contributed by atoms with van der Waals surface area (Å²) in [6, 6.07) is -0.108. The van der Waals surface area contributed by atoms with Gasteiger partial charge in [0.1, 0.15) is 11.9 Å². The lowest BCUT2D eigenvalue weighted by Crippen LogP contribution is -2.32. The third kappa shape index (κ3) is 2.39. The normalized spacial score (nSPS) is 28.5. The first-order valence-corrected chi connectivity index (χ1v) is 6.20. The molecule has 1 atom stereocenters. The number of carbonyl (C=O) groups is 1. The molecule has 3 nitrogen and oxygen atoms in total. The number of carbonyl (C=O) groups excluding carboxylic acids is 1. The Morgan fingerprint density at radius 3 is 2.47 bits per heavy atom. The summed E-state index contributed by atoms with van der Waals surface area (Å²) in [6.45, 7) is 2.02. The van der Waals surface area contributed by atoms with Gasteiger partial charge < -0.3 is 5.32 Å². The molecule has 1 amide bonds. The van der Waals surface area contributed by atoms with Crippen molar-refractivity contribution < 1.29 is 4.79 Å². The van der Waals surface area contributed by atoms with E-state index < -0.39 is 0 Å². The van der Waals surface area contributed by atoms with Gasteiger partial charge in [0.2, 0.25) is 5.91 Å². The van der Waals surface area contributed by atoms with Crippen molar-refractivity contribution in [1.29, 1.82) is 0 Å². The van der Waals surface area contributed by atoms with Crippen LogP contribution >= 0.6 is 0 Å². The van der Waals surface area contributed by atoms with Crippen molar-refractivity contribution in [2.45, 2.75) is 57.9 Å². The van der Waals surface area contributed by atoms with Gasteiger partial charge in [0, 0.05) is 5.92 Å². The largest absolute Gasteiger partial charge is 0.312 e. The third-order valence-electron chi connectivity index (χ3n) is 3.48. The molecule has 1 N–H and O–H groups in total. The van der Waals surface area contributed by atoms with Crippen molar-refractivity contribution in [3.63, 3.8) is 0 Å². The summed E-state index contributed by atoms with van der Waals surface area (Å²) in [5.74, 6) is 1.61. The van der Waals surface area contributed by atoms with Gasteiger partial charge in [0.25, 0.3) is 0 Å². The molecule has 0 spiro atoms. The number of amidine groups is 1. The number of nitrogens with one attached hydrogen (secondary N) is 1. The summed E-state index contributed by atoms with van der Waals surface area (Å²) in [5, 5.41) is 2.96. The van der Waals surface area contributed by atoms with Gasteiger partial charge in [-0.1, -0.05) is 32.6 Å². The Kier molecular flexibility index (Phi) is 3.39. The van der Waals surface area contributed by atoms with Crippen LogP contribution in [0.3, 0.4) is 0 Å². The molecule has 2 aliphatic rings. The Hall–Kier alpha value is -0.860. The van der Waals surface area contributed by atoms with Crippen LogP contribution in [0.1, 0.15) is 51.9 Å². The van der Waals surface area contributed by atoms with Crippen LogP contribution in [0.5, 0.6) is 0 Å². The van der Waals surface area contributed by atoms with Gasteiger partial charge in [0.15, 0.2) is 0 Å². The van der Waals surface area contributed by atoms with Crippen molar-refractivity contribution >= 4 is 11.7 Å². The van der Waals surface area contributed by atoms with Gasteiger partial charge in [-0.2, -0.15) is 0 Å². The molecule has 3 heteroatoms. The SMILES string of the molecule is CCC1N=C(C2CCCCCC2)NC1=O. The van der Waals surface area contributed by atoms with Crippen molar-refractivity contribution in [1.82, 2.24) is 5.32 Å². The highest BCUT2D eigenvalue weighted by Gasteiger charge is 2.29. The van der Waals surface area contributed by atoms with Crippen LogP contribution in [0.4, 0.5) is 0 Å². The number of aliphatic imine (C=N–C) groups is 1. The minimum Gasteiger partial charge on any atom is -0.312 e. The second-order valence-corrected chi connectivity index (χ2v) is 4.62. The van der Waals surface area contributed by atoms with Crippen LogP contribution in [-0.4, -0.2) is 17.8 Å². The molecule has 1 fully saturated rings. The molecule has 0 bridgehead atoms. The smallest absolute Gasteiger partial charge is 0.250 e. The van der Waals surface area contributed by atoms with E-state index in [1.807, 2.05) is 6.92 Å². The van der Waals surface area contributed by atoms with Gasteiger partial charge in [-0.25, -0.2) is 0 Å². The lowest BCUT2D eigenvalue weighted by atomic mass is 9.99. The molecule has 1 unspecified atom stereocenters. The fourth-order valence-electron chi connectivity index (χ4n) is 2.51. The Morgan fingerprint density at radius 2 is 1.93 bits per heavy atom. The van der Waals surface area contributed by atoms with E-state index in [4.69, 9.17) is 0 Å². The highest BCUT2D eigenvalue weighted by molar-refractivity contribution is 6.06. The number of amides is 1. The monoisotopic (exact) mass is 208 g/mol. The fourth-order valence-corrected chi connectivity index (χ4v) is 2.51. The van der Waals surface area contributed by atoms with E-state index in [1.165, 1.54) is 38.5 Å². The minimum atomic E-state index is -0.108. The Labute approximate surface area is 91.3 Å². The fraction of sp³-hybridized carbons (Fsp3) is 0.833. The highest BCUT2D eigenvalue weighted by Crippen LogP contribution is 2.25. The molecule has 1 aliphatic heterocycles. The maximum Gasteiger partial charge on any atom is 0.250 e. The van der Waals surface area contributed by atoms with Crippen LogP contribution in [0, 0.1) is 5.92 Å². The second-order valence-electron chi connectivity index (χ2n) is 4.62. The van der Waals surface area contributed by atoms with E-state index >= 15 is 0 Å². The van der Waals surface area contributed by atoms with Crippen LogP contribution in [0.15, 0.2) is 4.99 Å². The summed E-state index contributed by atoms with van der Waals surface area (Å²) in [7, 11) is 0. The number of hydrogen-bond acceptors (Lipinski definition) is 2. The Bertz CT molecular complexity index is 265. The molecule has 2 rings (SSSR count). The van der Waals surface area contributed by atoms with E-state index in [1.54, 1.807) is 0 Å². The summed E-state index contributed by atoms with van der Waals surface area (Å²) >= 11 is 0. The standard InChI is InChI=1S/C12H20N2O/c1-2-10-12(15)14-11(13-10)9-7-5-3-4-6-8-9/h9-10H,2-8H2,1H3,(H,13,14,15). The topological polar surface area (TPSA) is 41.5 Å². The highest BCUT2D eigenvalue weighted by atomic mass is 16.2. The molecule has 0 radical (unpaired) electrons. The third-order valence-corrected chi connectivity index (χ3v) is 3.48. The van der Waals surface area contributed by atoms with E-state index in [9.17, 15) is 4.79 Å². The summed E-state index contributed by atoms with van der Waals surface area (Å²) in [6.07, 6.45) is 8.49. The van der Waals surface area contributed by atoms with Gasteiger partial charge in [-0.05, 0) is 19.3 Å². The molecule has 84 valence electrons. The molecule has 15 heavy (non-hydrogen) atoms. The zero-order chi connectivity index (χ0) is 10.7. The van der Waals surface area contributed by atoms with Gasteiger partial charge >= 0.3 is 0 Å². The molecular weight excluding hydrogens is 188 g/mol. The van der Waals surface area contributed by atoms with Crippen LogP contribution in [0.2, 0.25) is 0 Å². The first-order valence-electron chi connectivity index (χ1n) is 6.20. The first kappa shape index (κ1) is 10.7. The van der Waals surface area contributed by atoms with Crippen LogP contribution in [-0.2, 0) is 4.79 Å². The van der Waals surface area contributed by atoms with Crippen LogP contribution < -0.4 is 5.32 Å². The zero-order valence-electron chi connectivity index (χ0n) is 9.46. The molecule has 0 aromatic rings. The molecule has 1 heterocycles. The molecule has 1 saturated carbocycles. The Balaban J connectivity index is 2.00. The molecule has 1 aliphatic carbocycles. The van der Waals surface area contributed by atoms with E-state index in [2.05, 4.69) is 10.3 Å². The lowest BCUT2D eigenvalue weighted by Gasteiger charge is -2.13. The maximum absolute atomic E-state index is 11.5. The van der Waals surface area contributed by atoms with E-state index in [0.717, 1.165) is 12.3 Å². The number of hydrogen-bond donors (Lipinski definition) is 1. The predicted octanol–water partition coefficient (Wildman–Crippen LogP) is 2.26. The minimum absolute atomic E-state index is 0.108. The maximum atomic E-state index is 11.5. The van der Waals surface area contributed by atoms with Crippen LogP contribution in [0.25, 0.3) is 0 Å². The van der Waals surface area contributed by atoms with E-state index in [-0.39, 0.29) is 11.9 Å². The van der Waals surface area contributed by atoms with Gasteiger partial charge in [0.05, 0.1) is 0 Å². The van der Waals surface area contributed by atoms with E-state index in [0.29, 0.717) is 5.92 Å². The summed E-state index contributed by atoms with van der Waals surface area (Å²) < 4.78 is 0. The quantitative estimate of drug-likeness (QED) is 0.695. The molecular formula is C12H20N2O. The zero-order valence-corrected chi connectivity index (χ0v) is 9.46. The van der Waals surface area contributed by atoms with Crippen molar-refractivity contribution in [2.75, 3.05) is 0 Å². The second kappa shape index (κ2) is 4.77. The molecule has 0 saturated heterocycles.